The fraction of sp³-hybridized carbons (Fsp3) is 0.300. The van der Waals surface area contributed by atoms with Crippen molar-refractivity contribution in [1.82, 2.24) is 10.2 Å². The van der Waals surface area contributed by atoms with E-state index in [9.17, 15) is 32.9 Å². The molecule has 3 rings (SSSR count). The summed E-state index contributed by atoms with van der Waals surface area (Å²) in [6.07, 6.45) is -4.54. The van der Waals surface area contributed by atoms with Gasteiger partial charge in [0.1, 0.15) is 17.0 Å². The number of nitrogens with zero attached hydrogens (tertiary/aromatic N) is 2. The van der Waals surface area contributed by atoms with Crippen LogP contribution in [0.2, 0.25) is 0 Å². The van der Waals surface area contributed by atoms with Crippen molar-refractivity contribution >= 4 is 17.6 Å². The van der Waals surface area contributed by atoms with Crippen LogP contribution in [0.5, 0.6) is 11.5 Å². The second kappa shape index (κ2) is 8.73. The summed E-state index contributed by atoms with van der Waals surface area (Å²) in [4.78, 5) is 36.3. The van der Waals surface area contributed by atoms with Crippen LogP contribution in [0, 0.1) is 10.1 Å². The first-order chi connectivity index (χ1) is 15.0. The topological polar surface area (TPSA) is 111 Å². The smallest absolute Gasteiger partial charge is 0.494 e. The lowest BCUT2D eigenvalue weighted by molar-refractivity contribution is -0.384. The molecule has 170 valence electrons. The molecule has 9 nitrogen and oxygen atoms in total. The predicted octanol–water partition coefficient (Wildman–Crippen LogP) is 3.73. The third-order valence-electron chi connectivity index (χ3n) is 4.78. The third-order valence-corrected chi connectivity index (χ3v) is 4.78. The molecule has 2 aromatic rings. The van der Waals surface area contributed by atoms with E-state index in [-0.39, 0.29) is 18.8 Å². The lowest BCUT2D eigenvalue weighted by atomic mass is 9.92. The number of benzene rings is 2. The minimum atomic E-state index is -4.84. The highest BCUT2D eigenvalue weighted by Crippen LogP contribution is 2.31. The number of nitro benzene ring substituents is 1. The van der Waals surface area contributed by atoms with Gasteiger partial charge in [0.2, 0.25) is 0 Å². The monoisotopic (exact) mass is 453 g/mol. The highest BCUT2D eigenvalue weighted by Gasteiger charge is 2.48. The van der Waals surface area contributed by atoms with E-state index in [1.807, 2.05) is 0 Å². The Balaban J connectivity index is 1.57. The lowest BCUT2D eigenvalue weighted by Gasteiger charge is -2.22. The van der Waals surface area contributed by atoms with E-state index < -0.39 is 34.5 Å². The zero-order valence-electron chi connectivity index (χ0n) is 16.7. The van der Waals surface area contributed by atoms with Crippen LogP contribution in [-0.2, 0) is 10.3 Å². The summed E-state index contributed by atoms with van der Waals surface area (Å²) in [5, 5.41) is 13.2. The van der Waals surface area contributed by atoms with Crippen LogP contribution in [0.15, 0.2) is 48.5 Å². The molecule has 0 aliphatic carbocycles. The minimum Gasteiger partial charge on any atom is -0.494 e. The highest BCUT2D eigenvalue weighted by molar-refractivity contribution is 6.07. The Morgan fingerprint density at radius 1 is 1.06 bits per heavy atom. The summed E-state index contributed by atoms with van der Waals surface area (Å²) in [6, 6.07) is 9.52. The van der Waals surface area contributed by atoms with E-state index in [0.717, 1.165) is 17.0 Å². The largest absolute Gasteiger partial charge is 0.573 e. The maximum absolute atomic E-state index is 12.8. The second-order valence-corrected chi connectivity index (χ2v) is 7.04. The van der Waals surface area contributed by atoms with E-state index in [4.69, 9.17) is 4.74 Å². The van der Waals surface area contributed by atoms with Crippen LogP contribution in [0.3, 0.4) is 0 Å². The number of imide groups is 1. The molecule has 1 heterocycles. The molecule has 1 atom stereocenters. The molecule has 0 bridgehead atoms. The standard InChI is InChI=1S/C20H18F3N3O6/c1-19(13-3-7-16(8-4-13)32-20(21,22)23)17(27)25(18(28)24-19)11-2-12-31-15-9-5-14(6-10-15)26(29)30/h3-10H,2,11-12H2,1H3,(H,24,28). The van der Waals surface area contributed by atoms with Crippen molar-refractivity contribution in [2.45, 2.75) is 25.2 Å². The number of carbonyl (C=O) groups is 2. The molecule has 2 aromatic carbocycles. The molecule has 0 spiro atoms. The number of urea groups is 1. The van der Waals surface area contributed by atoms with Crippen LogP contribution < -0.4 is 14.8 Å². The third kappa shape index (κ3) is 5.07. The Morgan fingerprint density at radius 3 is 2.22 bits per heavy atom. The zero-order valence-corrected chi connectivity index (χ0v) is 16.7. The normalized spacial score (nSPS) is 18.4. The summed E-state index contributed by atoms with van der Waals surface area (Å²) >= 11 is 0. The van der Waals surface area contributed by atoms with Crippen molar-refractivity contribution in [3.63, 3.8) is 0 Å². The van der Waals surface area contributed by atoms with Crippen molar-refractivity contribution in [1.29, 1.82) is 0 Å². The van der Waals surface area contributed by atoms with E-state index >= 15 is 0 Å². The Morgan fingerprint density at radius 2 is 1.66 bits per heavy atom. The van der Waals surface area contributed by atoms with Gasteiger partial charge in [-0.3, -0.25) is 19.8 Å². The molecule has 1 aliphatic rings. The summed E-state index contributed by atoms with van der Waals surface area (Å²) < 4.78 is 46.2. The molecule has 32 heavy (non-hydrogen) atoms. The Hall–Kier alpha value is -3.83. The van der Waals surface area contributed by atoms with Gasteiger partial charge in [-0.15, -0.1) is 13.2 Å². The van der Waals surface area contributed by atoms with Crippen LogP contribution in [0.4, 0.5) is 23.7 Å². The van der Waals surface area contributed by atoms with Gasteiger partial charge in [-0.2, -0.15) is 0 Å². The predicted molar refractivity (Wildman–Crippen MR) is 104 cm³/mol. The van der Waals surface area contributed by atoms with E-state index in [2.05, 4.69) is 10.1 Å². The minimum absolute atomic E-state index is 0.0442. The van der Waals surface area contributed by atoms with E-state index in [1.165, 1.54) is 43.3 Å². The van der Waals surface area contributed by atoms with Gasteiger partial charge in [0.25, 0.3) is 11.6 Å². The second-order valence-electron chi connectivity index (χ2n) is 7.04. The maximum atomic E-state index is 12.8. The Labute approximate surface area is 179 Å². The summed E-state index contributed by atoms with van der Waals surface area (Å²) in [7, 11) is 0. The number of non-ortho nitro benzene ring substituents is 1. The molecule has 1 fully saturated rings. The van der Waals surface area contributed by atoms with Gasteiger partial charge in [-0.25, -0.2) is 4.79 Å². The number of amides is 3. The van der Waals surface area contributed by atoms with Crippen LogP contribution in [-0.4, -0.2) is 41.3 Å². The average Bonchev–Trinajstić information content (AvgIpc) is 2.94. The first-order valence-corrected chi connectivity index (χ1v) is 9.37. The summed E-state index contributed by atoms with van der Waals surface area (Å²) in [6.45, 7) is 1.65. The van der Waals surface area contributed by atoms with Crippen molar-refractivity contribution < 1.29 is 37.2 Å². The number of rotatable bonds is 8. The Bertz CT molecular complexity index is 1010. The number of hydrogen-bond acceptors (Lipinski definition) is 6. The molecule has 1 aliphatic heterocycles. The fourth-order valence-electron chi connectivity index (χ4n) is 3.16. The van der Waals surface area contributed by atoms with Crippen LogP contribution in [0.1, 0.15) is 18.9 Å². The first kappa shape index (κ1) is 22.8. The number of halogens is 3. The molecular formula is C20H18F3N3O6. The van der Waals surface area contributed by atoms with Gasteiger partial charge in [0.05, 0.1) is 11.5 Å². The molecular weight excluding hydrogens is 435 g/mol. The van der Waals surface area contributed by atoms with Gasteiger partial charge in [-0.1, -0.05) is 12.1 Å². The molecule has 12 heteroatoms. The highest BCUT2D eigenvalue weighted by atomic mass is 19.4. The fourth-order valence-corrected chi connectivity index (χ4v) is 3.16. The van der Waals surface area contributed by atoms with Gasteiger partial charge < -0.3 is 14.8 Å². The number of alkyl halides is 3. The van der Waals surface area contributed by atoms with Gasteiger partial charge in [0, 0.05) is 18.7 Å². The molecule has 1 unspecified atom stereocenters. The quantitative estimate of drug-likeness (QED) is 0.282. The molecule has 1 N–H and O–H groups in total. The lowest BCUT2D eigenvalue weighted by Crippen LogP contribution is -2.41. The maximum Gasteiger partial charge on any atom is 0.573 e. The molecule has 0 radical (unpaired) electrons. The molecule has 0 saturated carbocycles. The number of nitro groups is 1. The summed E-state index contributed by atoms with van der Waals surface area (Å²) in [5.74, 6) is -0.594. The van der Waals surface area contributed by atoms with E-state index in [1.54, 1.807) is 0 Å². The molecule has 1 saturated heterocycles. The van der Waals surface area contributed by atoms with Gasteiger partial charge in [0.15, 0.2) is 0 Å². The summed E-state index contributed by atoms with van der Waals surface area (Å²) in [5.41, 5.74) is -1.21. The van der Waals surface area contributed by atoms with Crippen molar-refractivity contribution in [3.05, 3.63) is 64.2 Å². The number of carbonyl (C=O) groups excluding carboxylic acids is 2. The first-order valence-electron chi connectivity index (χ1n) is 9.37. The Kier molecular flexibility index (Phi) is 6.23. The number of ether oxygens (including phenoxy) is 2. The van der Waals surface area contributed by atoms with Crippen LogP contribution >= 0.6 is 0 Å². The van der Waals surface area contributed by atoms with Crippen molar-refractivity contribution in [2.24, 2.45) is 0 Å². The van der Waals surface area contributed by atoms with Crippen molar-refractivity contribution in [3.8, 4) is 11.5 Å². The molecule has 0 aromatic heterocycles. The zero-order chi connectivity index (χ0) is 23.5. The van der Waals surface area contributed by atoms with Crippen LogP contribution in [0.25, 0.3) is 0 Å². The van der Waals surface area contributed by atoms with Gasteiger partial charge >= 0.3 is 12.4 Å². The number of nitrogens with one attached hydrogen (secondary N) is 1. The average molecular weight is 453 g/mol. The number of hydrogen-bond donors (Lipinski definition) is 1. The molecule has 3 amide bonds. The SMILES string of the molecule is CC1(c2ccc(OC(F)(F)F)cc2)NC(=O)N(CCCOc2ccc([N+](=O)[O-])cc2)C1=O. The van der Waals surface area contributed by atoms with Crippen molar-refractivity contribution in [2.75, 3.05) is 13.2 Å². The van der Waals surface area contributed by atoms with Gasteiger partial charge in [-0.05, 0) is 43.2 Å². The van der Waals surface area contributed by atoms with E-state index in [0.29, 0.717) is 17.7 Å².